The molecule has 92 valence electrons. The molecule has 0 aromatic heterocycles. The van der Waals surface area contributed by atoms with E-state index < -0.39 is 5.60 Å². The van der Waals surface area contributed by atoms with E-state index in [0.717, 1.165) is 12.8 Å². The molecule has 0 aliphatic heterocycles. The molecule has 1 aromatic carbocycles. The minimum atomic E-state index is -0.659. The normalized spacial score (nSPS) is 13.3. The summed E-state index contributed by atoms with van der Waals surface area (Å²) in [7, 11) is 0. The summed E-state index contributed by atoms with van der Waals surface area (Å²) in [6, 6.07) is 10.3. The number of hydrogen-bond acceptors (Lipinski definition) is 1. The van der Waals surface area contributed by atoms with Gasteiger partial charge in [-0.1, -0.05) is 62.4 Å². The summed E-state index contributed by atoms with van der Waals surface area (Å²) in [5.74, 6) is 0. The number of benzene rings is 1. The highest BCUT2D eigenvalue weighted by Crippen LogP contribution is 2.17. The Morgan fingerprint density at radius 1 is 1.18 bits per heavy atom. The van der Waals surface area contributed by atoms with Crippen LogP contribution in [0.25, 0.3) is 5.57 Å². The highest BCUT2D eigenvalue weighted by molar-refractivity contribution is 5.64. The summed E-state index contributed by atoms with van der Waals surface area (Å²) in [4.78, 5) is 0. The van der Waals surface area contributed by atoms with Crippen molar-refractivity contribution < 1.29 is 5.11 Å². The van der Waals surface area contributed by atoms with Crippen LogP contribution in [-0.4, -0.2) is 10.7 Å². The van der Waals surface area contributed by atoms with Crippen LogP contribution in [0, 0.1) is 0 Å². The molecule has 0 spiro atoms. The lowest BCUT2D eigenvalue weighted by Crippen LogP contribution is -2.22. The van der Waals surface area contributed by atoms with Gasteiger partial charge in [-0.25, -0.2) is 0 Å². The quantitative estimate of drug-likeness (QED) is 0.752. The van der Waals surface area contributed by atoms with E-state index in [1.807, 2.05) is 50.3 Å². The fourth-order valence-corrected chi connectivity index (χ4v) is 1.65. The van der Waals surface area contributed by atoms with Gasteiger partial charge in [-0.05, 0) is 30.9 Å². The zero-order valence-corrected chi connectivity index (χ0v) is 11.0. The van der Waals surface area contributed by atoms with E-state index >= 15 is 0 Å². The Labute approximate surface area is 104 Å². The van der Waals surface area contributed by atoms with Crippen LogP contribution in [0.2, 0.25) is 0 Å². The SMILES string of the molecule is CCC(O)(/C=C/C=C(\C)c1ccccc1)CC. The zero-order chi connectivity index (χ0) is 12.7. The van der Waals surface area contributed by atoms with Gasteiger partial charge in [0.1, 0.15) is 0 Å². The average molecular weight is 230 g/mol. The van der Waals surface area contributed by atoms with E-state index in [1.54, 1.807) is 0 Å². The summed E-state index contributed by atoms with van der Waals surface area (Å²) in [5.41, 5.74) is 1.76. The van der Waals surface area contributed by atoms with Gasteiger partial charge in [0.05, 0.1) is 5.60 Å². The first-order chi connectivity index (χ1) is 8.11. The Morgan fingerprint density at radius 3 is 2.29 bits per heavy atom. The maximum Gasteiger partial charge on any atom is 0.0825 e. The van der Waals surface area contributed by atoms with Gasteiger partial charge in [0, 0.05) is 0 Å². The fourth-order valence-electron chi connectivity index (χ4n) is 1.65. The third-order valence-electron chi connectivity index (χ3n) is 3.21. The van der Waals surface area contributed by atoms with Gasteiger partial charge < -0.3 is 5.11 Å². The molecule has 1 nitrogen and oxygen atoms in total. The van der Waals surface area contributed by atoms with Crippen molar-refractivity contribution in [3.8, 4) is 0 Å². The van der Waals surface area contributed by atoms with Crippen LogP contribution in [0.15, 0.2) is 48.6 Å². The molecule has 1 rings (SSSR count). The summed E-state index contributed by atoms with van der Waals surface area (Å²) in [6.45, 7) is 6.08. The minimum absolute atomic E-state index is 0.659. The van der Waals surface area contributed by atoms with Crippen LogP contribution in [0.3, 0.4) is 0 Å². The van der Waals surface area contributed by atoms with E-state index in [4.69, 9.17) is 0 Å². The second kappa shape index (κ2) is 6.41. The van der Waals surface area contributed by atoms with Gasteiger partial charge in [0.25, 0.3) is 0 Å². The molecule has 0 aliphatic rings. The molecule has 0 amide bonds. The van der Waals surface area contributed by atoms with E-state index in [1.165, 1.54) is 11.1 Å². The van der Waals surface area contributed by atoms with Crippen molar-refractivity contribution in [1.29, 1.82) is 0 Å². The molecule has 0 unspecified atom stereocenters. The van der Waals surface area contributed by atoms with Crippen LogP contribution in [0.4, 0.5) is 0 Å². The molecule has 0 radical (unpaired) electrons. The van der Waals surface area contributed by atoms with Crippen molar-refractivity contribution in [3.63, 3.8) is 0 Å². The Kier molecular flexibility index (Phi) is 5.17. The molecule has 1 N–H and O–H groups in total. The lowest BCUT2D eigenvalue weighted by Gasteiger charge is -2.19. The molecule has 1 heteroatoms. The van der Waals surface area contributed by atoms with Gasteiger partial charge in [-0.2, -0.15) is 0 Å². The topological polar surface area (TPSA) is 20.2 Å². The Hall–Kier alpha value is -1.34. The highest BCUT2D eigenvalue weighted by Gasteiger charge is 2.16. The Bertz CT molecular complexity index is 383. The molecule has 0 fully saturated rings. The largest absolute Gasteiger partial charge is 0.386 e. The van der Waals surface area contributed by atoms with Crippen molar-refractivity contribution in [1.82, 2.24) is 0 Å². The van der Waals surface area contributed by atoms with E-state index in [-0.39, 0.29) is 0 Å². The Morgan fingerprint density at radius 2 is 1.76 bits per heavy atom. The molecule has 1 aromatic rings. The number of rotatable bonds is 5. The predicted octanol–water partition coefficient (Wildman–Crippen LogP) is 4.20. The molecule has 0 saturated heterocycles. The molecular weight excluding hydrogens is 208 g/mol. The maximum atomic E-state index is 10.1. The number of aliphatic hydroxyl groups is 1. The molecular formula is C16H22O. The molecule has 0 aliphatic carbocycles. The first kappa shape index (κ1) is 13.7. The van der Waals surface area contributed by atoms with Crippen molar-refractivity contribution in [3.05, 3.63) is 54.1 Å². The van der Waals surface area contributed by atoms with Crippen molar-refractivity contribution in [2.45, 2.75) is 39.2 Å². The Balaban J connectivity index is 2.75. The average Bonchev–Trinajstić information content (AvgIpc) is 2.39. The molecule has 0 atom stereocenters. The van der Waals surface area contributed by atoms with Crippen LogP contribution in [0.5, 0.6) is 0 Å². The molecule has 17 heavy (non-hydrogen) atoms. The smallest absolute Gasteiger partial charge is 0.0825 e. The van der Waals surface area contributed by atoms with Gasteiger partial charge in [0.15, 0.2) is 0 Å². The number of hydrogen-bond donors (Lipinski definition) is 1. The summed E-state index contributed by atoms with van der Waals surface area (Å²) >= 11 is 0. The lowest BCUT2D eigenvalue weighted by molar-refractivity contribution is 0.0828. The third kappa shape index (κ3) is 4.20. The summed E-state index contributed by atoms with van der Waals surface area (Å²) in [5, 5.41) is 10.1. The van der Waals surface area contributed by atoms with E-state index in [9.17, 15) is 5.11 Å². The maximum absolute atomic E-state index is 10.1. The van der Waals surface area contributed by atoms with Crippen LogP contribution >= 0.6 is 0 Å². The second-order valence-electron chi connectivity index (χ2n) is 4.39. The van der Waals surface area contributed by atoms with Gasteiger partial charge in [-0.3, -0.25) is 0 Å². The molecule has 0 bridgehead atoms. The van der Waals surface area contributed by atoms with Crippen molar-refractivity contribution >= 4 is 5.57 Å². The predicted molar refractivity (Wildman–Crippen MR) is 74.8 cm³/mol. The van der Waals surface area contributed by atoms with Crippen LogP contribution in [0.1, 0.15) is 39.2 Å². The van der Waals surface area contributed by atoms with Crippen LogP contribution in [-0.2, 0) is 0 Å². The highest BCUT2D eigenvalue weighted by atomic mass is 16.3. The first-order valence-electron chi connectivity index (χ1n) is 6.25. The molecule has 0 heterocycles. The van der Waals surface area contributed by atoms with Crippen LogP contribution < -0.4 is 0 Å². The second-order valence-corrected chi connectivity index (χ2v) is 4.39. The van der Waals surface area contributed by atoms with Gasteiger partial charge >= 0.3 is 0 Å². The van der Waals surface area contributed by atoms with Crippen molar-refractivity contribution in [2.75, 3.05) is 0 Å². The monoisotopic (exact) mass is 230 g/mol. The lowest BCUT2D eigenvalue weighted by atomic mass is 9.96. The van der Waals surface area contributed by atoms with Gasteiger partial charge in [-0.15, -0.1) is 0 Å². The molecule has 0 saturated carbocycles. The van der Waals surface area contributed by atoms with Crippen molar-refractivity contribution in [2.24, 2.45) is 0 Å². The summed E-state index contributed by atoms with van der Waals surface area (Å²) in [6.07, 6.45) is 7.39. The fraction of sp³-hybridized carbons (Fsp3) is 0.375. The van der Waals surface area contributed by atoms with Gasteiger partial charge in [0.2, 0.25) is 0 Å². The minimum Gasteiger partial charge on any atom is -0.386 e. The zero-order valence-electron chi connectivity index (χ0n) is 11.0. The first-order valence-corrected chi connectivity index (χ1v) is 6.25. The standard InChI is InChI=1S/C16H22O/c1-4-16(17,5-2)13-9-10-14(3)15-11-7-6-8-12-15/h6-13,17H,4-5H2,1-3H3/b13-9+,14-10+. The number of allylic oxidation sites excluding steroid dienone is 3. The third-order valence-corrected chi connectivity index (χ3v) is 3.21. The van der Waals surface area contributed by atoms with E-state index in [2.05, 4.69) is 19.1 Å². The van der Waals surface area contributed by atoms with E-state index in [0.29, 0.717) is 0 Å². The summed E-state index contributed by atoms with van der Waals surface area (Å²) < 4.78 is 0.